The van der Waals surface area contributed by atoms with Gasteiger partial charge in [0, 0.05) is 12.1 Å². The molecule has 1 saturated heterocycles. The fourth-order valence-electron chi connectivity index (χ4n) is 2.72. The molecule has 8 heteroatoms. The lowest BCUT2D eigenvalue weighted by molar-refractivity contribution is -0.385. The molecule has 0 aliphatic carbocycles. The van der Waals surface area contributed by atoms with Crippen molar-refractivity contribution in [3.63, 3.8) is 0 Å². The lowest BCUT2D eigenvalue weighted by Gasteiger charge is -2.15. The molecular formula is C17H12N2O6. The first-order chi connectivity index (χ1) is 12.1. The van der Waals surface area contributed by atoms with Crippen LogP contribution < -0.4 is 9.64 Å². The molecule has 0 radical (unpaired) electrons. The van der Waals surface area contributed by atoms with Gasteiger partial charge in [-0.05, 0) is 18.2 Å². The van der Waals surface area contributed by atoms with E-state index in [-0.39, 0.29) is 22.9 Å². The second kappa shape index (κ2) is 5.67. The standard InChI is InChI=1S/C17H12N2O6/c20-16-13-5-2-6-14(19(22)23)15(13)17(21)18(16)10-3-1-4-11(7-10)24-8-12-9-25-12/h1-7,12H,8-9H2. The quantitative estimate of drug-likeness (QED) is 0.358. The van der Waals surface area contributed by atoms with Crippen molar-refractivity contribution in [1.82, 2.24) is 0 Å². The van der Waals surface area contributed by atoms with Crippen molar-refractivity contribution >= 4 is 23.2 Å². The third-order valence-electron chi connectivity index (χ3n) is 4.00. The number of imide groups is 1. The Morgan fingerprint density at radius 1 is 1.20 bits per heavy atom. The van der Waals surface area contributed by atoms with Crippen molar-refractivity contribution in [1.29, 1.82) is 0 Å². The molecule has 25 heavy (non-hydrogen) atoms. The molecule has 2 aromatic rings. The maximum absolute atomic E-state index is 12.7. The number of carbonyl (C=O) groups is 2. The monoisotopic (exact) mass is 340 g/mol. The van der Waals surface area contributed by atoms with Gasteiger partial charge in [0.15, 0.2) is 0 Å². The first kappa shape index (κ1) is 15.3. The number of hydrogen-bond acceptors (Lipinski definition) is 6. The predicted molar refractivity (Wildman–Crippen MR) is 85.9 cm³/mol. The Labute approximate surface area is 141 Å². The summed E-state index contributed by atoms with van der Waals surface area (Å²) in [6.45, 7) is 1.04. The van der Waals surface area contributed by atoms with E-state index in [9.17, 15) is 19.7 Å². The predicted octanol–water partition coefficient (Wildman–Crippen LogP) is 2.17. The van der Waals surface area contributed by atoms with E-state index in [1.165, 1.54) is 18.2 Å². The number of benzene rings is 2. The third kappa shape index (κ3) is 2.62. The Bertz CT molecular complexity index is 906. The summed E-state index contributed by atoms with van der Waals surface area (Å²) in [4.78, 5) is 36.7. The molecule has 0 aromatic heterocycles. The number of nitrogens with zero attached hydrogens (tertiary/aromatic N) is 2. The molecule has 0 bridgehead atoms. The number of hydrogen-bond donors (Lipinski definition) is 0. The van der Waals surface area contributed by atoms with Gasteiger partial charge in [-0.2, -0.15) is 0 Å². The van der Waals surface area contributed by atoms with Crippen LogP contribution in [0.4, 0.5) is 11.4 Å². The summed E-state index contributed by atoms with van der Waals surface area (Å²) in [6.07, 6.45) is 0.0746. The fraction of sp³-hybridized carbons (Fsp3) is 0.176. The minimum absolute atomic E-state index is 0.0249. The number of fused-ring (bicyclic) bond motifs is 1. The van der Waals surface area contributed by atoms with Crippen LogP contribution in [0.2, 0.25) is 0 Å². The Balaban J connectivity index is 1.68. The van der Waals surface area contributed by atoms with Crippen molar-refractivity contribution in [2.75, 3.05) is 18.1 Å². The van der Waals surface area contributed by atoms with Gasteiger partial charge in [0.1, 0.15) is 24.0 Å². The smallest absolute Gasteiger partial charge is 0.283 e. The highest BCUT2D eigenvalue weighted by atomic mass is 16.6. The van der Waals surface area contributed by atoms with Crippen LogP contribution in [-0.4, -0.2) is 36.1 Å². The highest BCUT2D eigenvalue weighted by molar-refractivity contribution is 6.35. The van der Waals surface area contributed by atoms with Crippen molar-refractivity contribution in [3.05, 3.63) is 63.7 Å². The van der Waals surface area contributed by atoms with Crippen molar-refractivity contribution in [3.8, 4) is 5.75 Å². The number of amides is 2. The van der Waals surface area contributed by atoms with Gasteiger partial charge in [-0.3, -0.25) is 19.7 Å². The van der Waals surface area contributed by atoms with Crippen LogP contribution in [0.3, 0.4) is 0 Å². The van der Waals surface area contributed by atoms with Crippen molar-refractivity contribution in [2.24, 2.45) is 0 Å². The Morgan fingerprint density at radius 3 is 2.68 bits per heavy atom. The van der Waals surface area contributed by atoms with Gasteiger partial charge in [0.05, 0.1) is 22.8 Å². The number of rotatable bonds is 5. The summed E-state index contributed by atoms with van der Waals surface area (Å²) >= 11 is 0. The molecular weight excluding hydrogens is 328 g/mol. The lowest BCUT2D eigenvalue weighted by atomic mass is 10.1. The van der Waals surface area contributed by atoms with E-state index in [4.69, 9.17) is 9.47 Å². The molecule has 2 aromatic carbocycles. The summed E-state index contributed by atoms with van der Waals surface area (Å²) in [7, 11) is 0. The van der Waals surface area contributed by atoms with Crippen LogP contribution in [0.15, 0.2) is 42.5 Å². The first-order valence-corrected chi connectivity index (χ1v) is 7.57. The Hall–Kier alpha value is -3.26. The molecule has 0 saturated carbocycles. The van der Waals surface area contributed by atoms with Gasteiger partial charge in [0.2, 0.25) is 0 Å². The van der Waals surface area contributed by atoms with Crippen LogP contribution in [-0.2, 0) is 4.74 Å². The number of ether oxygens (including phenoxy) is 2. The van der Waals surface area contributed by atoms with Gasteiger partial charge < -0.3 is 9.47 Å². The molecule has 1 atom stereocenters. The second-order valence-electron chi connectivity index (χ2n) is 5.67. The largest absolute Gasteiger partial charge is 0.491 e. The molecule has 2 heterocycles. The SMILES string of the molecule is O=C1c2cccc([N+](=O)[O-])c2C(=O)N1c1cccc(OCC2CO2)c1. The van der Waals surface area contributed by atoms with Gasteiger partial charge >= 0.3 is 0 Å². The topological polar surface area (TPSA) is 102 Å². The van der Waals surface area contributed by atoms with Crippen molar-refractivity contribution in [2.45, 2.75) is 6.10 Å². The molecule has 1 unspecified atom stereocenters. The van der Waals surface area contributed by atoms with E-state index < -0.39 is 16.7 Å². The van der Waals surface area contributed by atoms with E-state index in [1.54, 1.807) is 24.3 Å². The number of nitro benzene ring substituents is 1. The molecule has 2 amide bonds. The molecule has 4 rings (SSSR count). The average Bonchev–Trinajstić information content (AvgIpc) is 3.40. The second-order valence-corrected chi connectivity index (χ2v) is 5.67. The summed E-state index contributed by atoms with van der Waals surface area (Å²) in [5.41, 5.74) is -0.238. The molecule has 2 aliphatic heterocycles. The summed E-state index contributed by atoms with van der Waals surface area (Å²) in [5.74, 6) is -0.819. The Kier molecular flexibility index (Phi) is 3.47. The van der Waals surface area contributed by atoms with E-state index >= 15 is 0 Å². The molecule has 0 N–H and O–H groups in total. The summed E-state index contributed by atoms with van der Waals surface area (Å²) in [6, 6.07) is 10.5. The fourth-order valence-corrected chi connectivity index (χ4v) is 2.72. The molecule has 8 nitrogen and oxygen atoms in total. The molecule has 2 aliphatic rings. The zero-order chi connectivity index (χ0) is 17.6. The normalized spacial score (nSPS) is 18.2. The lowest BCUT2D eigenvalue weighted by Crippen LogP contribution is -2.29. The third-order valence-corrected chi connectivity index (χ3v) is 4.00. The van der Waals surface area contributed by atoms with Gasteiger partial charge in [0.25, 0.3) is 17.5 Å². The summed E-state index contributed by atoms with van der Waals surface area (Å²) < 4.78 is 10.6. The van der Waals surface area contributed by atoms with Gasteiger partial charge in [-0.1, -0.05) is 12.1 Å². The maximum atomic E-state index is 12.7. The number of anilines is 1. The first-order valence-electron chi connectivity index (χ1n) is 7.57. The average molecular weight is 340 g/mol. The highest BCUT2D eigenvalue weighted by Crippen LogP contribution is 2.34. The molecule has 126 valence electrons. The van der Waals surface area contributed by atoms with Crippen LogP contribution in [0.5, 0.6) is 5.75 Å². The summed E-state index contributed by atoms with van der Waals surface area (Å²) in [5, 5.41) is 11.2. The van der Waals surface area contributed by atoms with E-state index in [2.05, 4.69) is 0 Å². The van der Waals surface area contributed by atoms with Crippen LogP contribution in [0.1, 0.15) is 20.7 Å². The van der Waals surface area contributed by atoms with E-state index in [0.29, 0.717) is 24.7 Å². The number of epoxide rings is 1. The van der Waals surface area contributed by atoms with Gasteiger partial charge in [-0.15, -0.1) is 0 Å². The zero-order valence-electron chi connectivity index (χ0n) is 12.9. The minimum atomic E-state index is -0.713. The van der Waals surface area contributed by atoms with Gasteiger partial charge in [-0.25, -0.2) is 4.90 Å². The van der Waals surface area contributed by atoms with Crippen LogP contribution in [0, 0.1) is 10.1 Å². The maximum Gasteiger partial charge on any atom is 0.283 e. The molecule has 0 spiro atoms. The Morgan fingerprint density at radius 2 is 1.96 bits per heavy atom. The van der Waals surface area contributed by atoms with E-state index in [1.807, 2.05) is 0 Å². The molecule has 1 fully saturated rings. The van der Waals surface area contributed by atoms with Crippen LogP contribution >= 0.6 is 0 Å². The zero-order valence-corrected chi connectivity index (χ0v) is 12.9. The van der Waals surface area contributed by atoms with Crippen LogP contribution in [0.25, 0.3) is 0 Å². The number of nitro groups is 1. The highest BCUT2D eigenvalue weighted by Gasteiger charge is 2.41. The van der Waals surface area contributed by atoms with Crippen molar-refractivity contribution < 1.29 is 24.0 Å². The van der Waals surface area contributed by atoms with E-state index in [0.717, 1.165) is 4.90 Å². The minimum Gasteiger partial charge on any atom is -0.491 e. The number of carbonyl (C=O) groups excluding carboxylic acids is 2.